The summed E-state index contributed by atoms with van der Waals surface area (Å²) in [4.78, 5) is 3.03. The van der Waals surface area contributed by atoms with E-state index < -0.39 is 0 Å². The summed E-state index contributed by atoms with van der Waals surface area (Å²) in [5, 5.41) is 4.39. The van der Waals surface area contributed by atoms with Gasteiger partial charge in [-0.1, -0.05) is 12.1 Å². The van der Waals surface area contributed by atoms with Crippen molar-refractivity contribution in [3.63, 3.8) is 0 Å². The number of nitrogens with one attached hydrogen (secondary N) is 2. The lowest BCUT2D eigenvalue weighted by Crippen LogP contribution is -2.10. The third kappa shape index (κ3) is 1.61. The minimum atomic E-state index is -0.159. The van der Waals surface area contributed by atoms with Gasteiger partial charge in [-0.25, -0.2) is 4.39 Å². The first kappa shape index (κ1) is 9.85. The summed E-state index contributed by atoms with van der Waals surface area (Å²) in [6.45, 7) is 2.20. The van der Waals surface area contributed by atoms with E-state index in [-0.39, 0.29) is 5.82 Å². The highest BCUT2D eigenvalue weighted by Gasteiger charge is 2.17. The molecule has 0 saturated carbocycles. The average molecular weight is 218 g/mol. The SMILES string of the molecule is Fc1cccc2c(CC3CCNC3)c[nH]c12. The molecule has 2 nitrogen and oxygen atoms in total. The molecule has 0 aliphatic carbocycles. The Morgan fingerprint density at radius 2 is 2.31 bits per heavy atom. The second-order valence-electron chi connectivity index (χ2n) is 4.54. The summed E-state index contributed by atoms with van der Waals surface area (Å²) in [6.07, 6.45) is 4.21. The maximum Gasteiger partial charge on any atom is 0.147 e. The molecule has 2 N–H and O–H groups in total. The van der Waals surface area contributed by atoms with Crippen LogP contribution in [0.2, 0.25) is 0 Å². The van der Waals surface area contributed by atoms with Gasteiger partial charge in [-0.2, -0.15) is 0 Å². The van der Waals surface area contributed by atoms with Gasteiger partial charge in [0.1, 0.15) is 5.82 Å². The van der Waals surface area contributed by atoms with Gasteiger partial charge >= 0.3 is 0 Å². The van der Waals surface area contributed by atoms with Crippen LogP contribution in [-0.4, -0.2) is 18.1 Å². The van der Waals surface area contributed by atoms with Crippen LogP contribution in [0.4, 0.5) is 4.39 Å². The fourth-order valence-corrected chi connectivity index (χ4v) is 2.54. The smallest absolute Gasteiger partial charge is 0.147 e. The number of H-pyrrole nitrogens is 1. The summed E-state index contributed by atoms with van der Waals surface area (Å²) in [5.41, 5.74) is 1.88. The van der Waals surface area contributed by atoms with E-state index in [2.05, 4.69) is 10.3 Å². The zero-order chi connectivity index (χ0) is 11.0. The molecule has 1 unspecified atom stereocenters. The molecule has 0 bridgehead atoms. The van der Waals surface area contributed by atoms with E-state index in [1.54, 1.807) is 6.07 Å². The highest BCUT2D eigenvalue weighted by Crippen LogP contribution is 2.24. The number of aromatic nitrogens is 1. The first-order valence-corrected chi connectivity index (χ1v) is 5.80. The Balaban J connectivity index is 1.94. The molecule has 0 spiro atoms. The van der Waals surface area contributed by atoms with Crippen molar-refractivity contribution in [2.45, 2.75) is 12.8 Å². The Labute approximate surface area is 93.9 Å². The second kappa shape index (κ2) is 3.91. The standard InChI is InChI=1S/C13H15FN2/c14-12-3-1-2-11-10(8-16-13(11)12)6-9-4-5-15-7-9/h1-3,8-9,15-16H,4-7H2. The predicted octanol–water partition coefficient (Wildman–Crippen LogP) is 2.46. The van der Waals surface area contributed by atoms with E-state index in [1.807, 2.05) is 12.3 Å². The molecule has 3 rings (SSSR count). The van der Waals surface area contributed by atoms with E-state index in [9.17, 15) is 4.39 Å². The van der Waals surface area contributed by atoms with Crippen molar-refractivity contribution >= 4 is 10.9 Å². The van der Waals surface area contributed by atoms with E-state index in [4.69, 9.17) is 0 Å². The third-order valence-electron chi connectivity index (χ3n) is 3.42. The van der Waals surface area contributed by atoms with Crippen molar-refractivity contribution in [2.75, 3.05) is 13.1 Å². The minimum absolute atomic E-state index is 0.159. The van der Waals surface area contributed by atoms with Crippen molar-refractivity contribution in [1.29, 1.82) is 0 Å². The van der Waals surface area contributed by atoms with Gasteiger partial charge < -0.3 is 10.3 Å². The molecule has 1 fully saturated rings. The first-order valence-electron chi connectivity index (χ1n) is 5.80. The van der Waals surface area contributed by atoms with Crippen LogP contribution in [0.25, 0.3) is 10.9 Å². The number of aromatic amines is 1. The number of hydrogen-bond donors (Lipinski definition) is 2. The molecule has 1 atom stereocenters. The number of halogens is 1. The molecule has 0 amide bonds. The molecule has 2 aromatic rings. The molecule has 2 heterocycles. The van der Waals surface area contributed by atoms with E-state index >= 15 is 0 Å². The summed E-state index contributed by atoms with van der Waals surface area (Å²) in [7, 11) is 0. The van der Waals surface area contributed by atoms with Gasteiger partial charge in [-0.15, -0.1) is 0 Å². The van der Waals surface area contributed by atoms with Crippen molar-refractivity contribution in [3.8, 4) is 0 Å². The van der Waals surface area contributed by atoms with Gasteiger partial charge in [-0.3, -0.25) is 0 Å². The summed E-state index contributed by atoms with van der Waals surface area (Å²) in [6, 6.07) is 5.27. The Hall–Kier alpha value is -1.35. The number of benzene rings is 1. The van der Waals surface area contributed by atoms with Crippen LogP contribution in [0.3, 0.4) is 0 Å². The fourth-order valence-electron chi connectivity index (χ4n) is 2.54. The quantitative estimate of drug-likeness (QED) is 0.796. The topological polar surface area (TPSA) is 27.8 Å². The van der Waals surface area contributed by atoms with E-state index in [0.29, 0.717) is 11.4 Å². The Morgan fingerprint density at radius 1 is 1.38 bits per heavy atom. The monoisotopic (exact) mass is 218 g/mol. The molecule has 1 aliphatic heterocycles. The fraction of sp³-hybridized carbons (Fsp3) is 0.385. The predicted molar refractivity (Wildman–Crippen MR) is 62.9 cm³/mol. The van der Waals surface area contributed by atoms with Crippen LogP contribution in [0.1, 0.15) is 12.0 Å². The van der Waals surface area contributed by atoms with Crippen molar-refractivity contribution in [3.05, 3.63) is 35.8 Å². The van der Waals surface area contributed by atoms with Crippen LogP contribution in [0.15, 0.2) is 24.4 Å². The minimum Gasteiger partial charge on any atom is -0.359 e. The number of para-hydroxylation sites is 1. The summed E-state index contributed by atoms with van der Waals surface area (Å²) in [5.74, 6) is 0.538. The van der Waals surface area contributed by atoms with Gasteiger partial charge in [-0.05, 0) is 43.5 Å². The van der Waals surface area contributed by atoms with Gasteiger partial charge in [0.05, 0.1) is 5.52 Å². The molecule has 1 saturated heterocycles. The van der Waals surface area contributed by atoms with Gasteiger partial charge in [0, 0.05) is 11.6 Å². The van der Waals surface area contributed by atoms with Crippen molar-refractivity contribution in [1.82, 2.24) is 10.3 Å². The summed E-state index contributed by atoms with van der Waals surface area (Å²) >= 11 is 0. The second-order valence-corrected chi connectivity index (χ2v) is 4.54. The maximum absolute atomic E-state index is 13.5. The van der Waals surface area contributed by atoms with Crippen LogP contribution in [-0.2, 0) is 6.42 Å². The largest absolute Gasteiger partial charge is 0.359 e. The Morgan fingerprint density at radius 3 is 3.12 bits per heavy atom. The normalized spacial score (nSPS) is 20.7. The van der Waals surface area contributed by atoms with Crippen molar-refractivity contribution < 1.29 is 4.39 Å². The van der Waals surface area contributed by atoms with Gasteiger partial charge in [0.25, 0.3) is 0 Å². The van der Waals surface area contributed by atoms with Crippen molar-refractivity contribution in [2.24, 2.45) is 5.92 Å². The Bertz CT molecular complexity index is 498. The highest BCUT2D eigenvalue weighted by atomic mass is 19.1. The molecular weight excluding hydrogens is 203 g/mol. The van der Waals surface area contributed by atoms with E-state index in [0.717, 1.165) is 24.9 Å². The zero-order valence-electron chi connectivity index (χ0n) is 9.09. The van der Waals surface area contributed by atoms with Crippen LogP contribution in [0, 0.1) is 11.7 Å². The molecule has 1 aliphatic rings. The van der Waals surface area contributed by atoms with Gasteiger partial charge in [0.15, 0.2) is 0 Å². The molecule has 1 aromatic carbocycles. The van der Waals surface area contributed by atoms with Crippen LogP contribution < -0.4 is 5.32 Å². The summed E-state index contributed by atoms with van der Waals surface area (Å²) < 4.78 is 13.5. The third-order valence-corrected chi connectivity index (χ3v) is 3.42. The molecule has 3 heteroatoms. The lowest BCUT2D eigenvalue weighted by Gasteiger charge is -2.06. The van der Waals surface area contributed by atoms with Crippen LogP contribution in [0.5, 0.6) is 0 Å². The number of rotatable bonds is 2. The average Bonchev–Trinajstić information content (AvgIpc) is 2.90. The lowest BCUT2D eigenvalue weighted by molar-refractivity contribution is 0.582. The van der Waals surface area contributed by atoms with E-state index in [1.165, 1.54) is 18.1 Å². The molecule has 16 heavy (non-hydrogen) atoms. The molecule has 0 radical (unpaired) electrons. The molecule has 1 aromatic heterocycles. The number of hydrogen-bond acceptors (Lipinski definition) is 1. The maximum atomic E-state index is 13.5. The highest BCUT2D eigenvalue weighted by molar-refractivity contribution is 5.83. The number of fused-ring (bicyclic) bond motifs is 1. The first-order chi connectivity index (χ1) is 7.84. The molecular formula is C13H15FN2. The zero-order valence-corrected chi connectivity index (χ0v) is 9.09. The molecule has 84 valence electrons. The lowest BCUT2D eigenvalue weighted by atomic mass is 9.98. The van der Waals surface area contributed by atoms with Gasteiger partial charge in [0.2, 0.25) is 0 Å². The Kier molecular flexibility index (Phi) is 2.40. The van der Waals surface area contributed by atoms with Crippen LogP contribution >= 0.6 is 0 Å².